The van der Waals surface area contributed by atoms with E-state index < -0.39 is 0 Å². The summed E-state index contributed by atoms with van der Waals surface area (Å²) in [4.78, 5) is 0. The van der Waals surface area contributed by atoms with Gasteiger partial charge in [0.2, 0.25) is 0 Å². The topological polar surface area (TPSA) is 18.5 Å². The van der Waals surface area contributed by atoms with E-state index in [9.17, 15) is 0 Å². The minimum Gasteiger partial charge on any atom is -0.382 e. The molecule has 0 aliphatic heterocycles. The summed E-state index contributed by atoms with van der Waals surface area (Å²) in [7, 11) is 3.35. The normalized spacial score (nSPS) is 17.3. The van der Waals surface area contributed by atoms with Crippen molar-refractivity contribution in [1.82, 2.24) is 0 Å². The summed E-state index contributed by atoms with van der Waals surface area (Å²) >= 11 is 3.33. The van der Waals surface area contributed by atoms with Crippen molar-refractivity contribution in [2.24, 2.45) is 0 Å². The lowest BCUT2D eigenvalue weighted by atomic mass is 10.1. The zero-order chi connectivity index (χ0) is 7.33. The summed E-state index contributed by atoms with van der Waals surface area (Å²) in [5, 5.41) is 0.796. The molecule has 0 heterocycles. The summed E-state index contributed by atoms with van der Waals surface area (Å²) in [5.41, 5.74) is -0.172. The largest absolute Gasteiger partial charge is 0.382 e. The number of methoxy groups -OCH3 is 2. The molecule has 0 fully saturated rings. The fraction of sp³-hybridized carbons (Fsp3) is 1.00. The Morgan fingerprint density at radius 2 is 2.00 bits per heavy atom. The first-order chi connectivity index (χ1) is 4.18. The molecule has 1 unspecified atom stereocenters. The second kappa shape index (κ2) is 4.25. The van der Waals surface area contributed by atoms with Crippen LogP contribution in [0.3, 0.4) is 0 Å². The number of hydrogen-bond acceptors (Lipinski definition) is 2. The van der Waals surface area contributed by atoms with Gasteiger partial charge >= 0.3 is 0 Å². The zero-order valence-corrected chi connectivity index (χ0v) is 7.69. The fourth-order valence-corrected chi connectivity index (χ4v) is 0.848. The molecule has 9 heavy (non-hydrogen) atoms. The predicted molar refractivity (Wildman–Crippen MR) is 41.1 cm³/mol. The van der Waals surface area contributed by atoms with Gasteiger partial charge in [-0.3, -0.25) is 0 Å². The maximum absolute atomic E-state index is 5.16. The molecule has 0 bridgehead atoms. The molecule has 3 heteroatoms. The van der Waals surface area contributed by atoms with Crippen LogP contribution in [-0.2, 0) is 9.47 Å². The number of alkyl halides is 1. The molecule has 0 aromatic carbocycles. The van der Waals surface area contributed by atoms with Crippen LogP contribution >= 0.6 is 15.9 Å². The lowest BCUT2D eigenvalue weighted by molar-refractivity contribution is -0.0326. The van der Waals surface area contributed by atoms with Crippen LogP contribution in [0.5, 0.6) is 0 Å². The van der Waals surface area contributed by atoms with Gasteiger partial charge in [0.1, 0.15) is 0 Å². The number of ether oxygens (including phenoxy) is 2. The van der Waals surface area contributed by atoms with Gasteiger partial charge in [0.15, 0.2) is 0 Å². The van der Waals surface area contributed by atoms with Crippen molar-refractivity contribution >= 4 is 15.9 Å². The van der Waals surface area contributed by atoms with E-state index >= 15 is 0 Å². The average Bonchev–Trinajstić information content (AvgIpc) is 1.89. The zero-order valence-electron chi connectivity index (χ0n) is 6.11. The first kappa shape index (κ1) is 9.40. The highest BCUT2D eigenvalue weighted by Gasteiger charge is 2.20. The second-order valence-electron chi connectivity index (χ2n) is 2.22. The van der Waals surface area contributed by atoms with Crippen molar-refractivity contribution < 1.29 is 9.47 Å². The number of hydrogen-bond donors (Lipinski definition) is 0. The summed E-state index contributed by atoms with van der Waals surface area (Å²) in [6.07, 6.45) is 0. The van der Waals surface area contributed by atoms with Gasteiger partial charge in [-0.2, -0.15) is 0 Å². The molecule has 0 aliphatic carbocycles. The highest BCUT2D eigenvalue weighted by Crippen LogP contribution is 2.11. The van der Waals surface area contributed by atoms with Crippen molar-refractivity contribution in [3.8, 4) is 0 Å². The molecular formula is C6H13BrO2. The Hall–Kier alpha value is 0.400. The van der Waals surface area contributed by atoms with Crippen LogP contribution in [0.4, 0.5) is 0 Å². The highest BCUT2D eigenvalue weighted by atomic mass is 79.9. The third-order valence-corrected chi connectivity index (χ3v) is 2.41. The van der Waals surface area contributed by atoms with Crippen LogP contribution in [0, 0.1) is 0 Å². The second-order valence-corrected chi connectivity index (χ2v) is 2.78. The van der Waals surface area contributed by atoms with Crippen molar-refractivity contribution in [1.29, 1.82) is 0 Å². The molecule has 0 radical (unpaired) electrons. The van der Waals surface area contributed by atoms with E-state index in [-0.39, 0.29) is 5.60 Å². The van der Waals surface area contributed by atoms with E-state index in [1.54, 1.807) is 14.2 Å². The van der Waals surface area contributed by atoms with E-state index in [0.717, 1.165) is 5.33 Å². The maximum Gasteiger partial charge on any atom is 0.0979 e. The van der Waals surface area contributed by atoms with Crippen LogP contribution in [0.1, 0.15) is 6.92 Å². The number of rotatable bonds is 4. The average molecular weight is 197 g/mol. The van der Waals surface area contributed by atoms with Gasteiger partial charge < -0.3 is 9.47 Å². The molecule has 0 aromatic heterocycles. The Morgan fingerprint density at radius 1 is 1.44 bits per heavy atom. The molecule has 0 amide bonds. The van der Waals surface area contributed by atoms with Crippen molar-refractivity contribution in [3.05, 3.63) is 0 Å². The first-order valence-electron chi connectivity index (χ1n) is 2.78. The van der Waals surface area contributed by atoms with Gasteiger partial charge in [0, 0.05) is 19.5 Å². The van der Waals surface area contributed by atoms with Gasteiger partial charge in [-0.15, -0.1) is 0 Å². The van der Waals surface area contributed by atoms with Crippen LogP contribution in [0.25, 0.3) is 0 Å². The molecule has 0 aliphatic rings. The molecule has 0 N–H and O–H groups in total. The van der Waals surface area contributed by atoms with Crippen LogP contribution in [-0.4, -0.2) is 31.8 Å². The molecule has 0 aromatic rings. The Balaban J connectivity index is 3.62. The van der Waals surface area contributed by atoms with E-state index in [0.29, 0.717) is 6.61 Å². The lowest BCUT2D eigenvalue weighted by Gasteiger charge is -2.24. The maximum atomic E-state index is 5.16. The monoisotopic (exact) mass is 196 g/mol. The minimum atomic E-state index is -0.172. The van der Waals surface area contributed by atoms with Gasteiger partial charge in [-0.25, -0.2) is 0 Å². The molecule has 56 valence electrons. The highest BCUT2D eigenvalue weighted by molar-refractivity contribution is 9.09. The smallest absolute Gasteiger partial charge is 0.0979 e. The molecule has 2 nitrogen and oxygen atoms in total. The Labute approximate surface area is 64.7 Å². The third kappa shape index (κ3) is 3.18. The van der Waals surface area contributed by atoms with E-state index in [2.05, 4.69) is 15.9 Å². The lowest BCUT2D eigenvalue weighted by Crippen LogP contribution is -2.34. The summed E-state index contributed by atoms with van der Waals surface area (Å²) in [5.74, 6) is 0. The van der Waals surface area contributed by atoms with E-state index in [1.165, 1.54) is 0 Å². The molecule has 0 rings (SSSR count). The first-order valence-corrected chi connectivity index (χ1v) is 3.91. The summed E-state index contributed by atoms with van der Waals surface area (Å²) in [6, 6.07) is 0. The van der Waals surface area contributed by atoms with Crippen LogP contribution in [0.15, 0.2) is 0 Å². The van der Waals surface area contributed by atoms with Crippen LogP contribution < -0.4 is 0 Å². The Kier molecular flexibility index (Phi) is 4.44. The Bertz CT molecular complexity index is 71.5. The van der Waals surface area contributed by atoms with Crippen molar-refractivity contribution in [3.63, 3.8) is 0 Å². The van der Waals surface area contributed by atoms with Crippen molar-refractivity contribution in [2.75, 3.05) is 26.2 Å². The summed E-state index contributed by atoms with van der Waals surface area (Å²) in [6.45, 7) is 2.61. The standard InChI is InChI=1S/C6H13BrO2/c1-6(4-7,9-3)5-8-2/h4-5H2,1-3H3. The van der Waals surface area contributed by atoms with Gasteiger partial charge in [-0.1, -0.05) is 15.9 Å². The quantitative estimate of drug-likeness (QED) is 0.634. The molecule has 0 saturated heterocycles. The van der Waals surface area contributed by atoms with Crippen LogP contribution in [0.2, 0.25) is 0 Å². The fourth-order valence-electron chi connectivity index (χ4n) is 0.457. The molecule has 0 spiro atoms. The van der Waals surface area contributed by atoms with Gasteiger partial charge in [0.25, 0.3) is 0 Å². The Morgan fingerprint density at radius 3 is 2.11 bits per heavy atom. The predicted octanol–water partition coefficient (Wildman–Crippen LogP) is 1.43. The van der Waals surface area contributed by atoms with Crippen molar-refractivity contribution in [2.45, 2.75) is 12.5 Å². The molecule has 1 atom stereocenters. The van der Waals surface area contributed by atoms with E-state index in [1.807, 2.05) is 6.92 Å². The molecule has 0 saturated carbocycles. The number of halogens is 1. The molecular weight excluding hydrogens is 184 g/mol. The minimum absolute atomic E-state index is 0.172. The SMILES string of the molecule is COCC(C)(CBr)OC. The third-order valence-electron chi connectivity index (χ3n) is 1.23. The van der Waals surface area contributed by atoms with E-state index in [4.69, 9.17) is 9.47 Å². The summed E-state index contributed by atoms with van der Waals surface area (Å²) < 4.78 is 10.1. The van der Waals surface area contributed by atoms with Gasteiger partial charge in [0.05, 0.1) is 12.2 Å². The van der Waals surface area contributed by atoms with Gasteiger partial charge in [-0.05, 0) is 6.92 Å².